The minimum Gasteiger partial charge on any atom is -0.396 e. The van der Waals surface area contributed by atoms with Gasteiger partial charge in [0.05, 0.1) is 0 Å². The van der Waals surface area contributed by atoms with Crippen molar-refractivity contribution in [1.82, 2.24) is 0 Å². The van der Waals surface area contributed by atoms with Crippen LogP contribution in [0.25, 0.3) is 0 Å². The van der Waals surface area contributed by atoms with E-state index in [9.17, 15) is 0 Å². The van der Waals surface area contributed by atoms with Crippen molar-refractivity contribution < 1.29 is 10.2 Å². The van der Waals surface area contributed by atoms with E-state index in [-0.39, 0.29) is 19.1 Å². The molecule has 0 aromatic carbocycles. The lowest BCUT2D eigenvalue weighted by molar-refractivity contribution is 0.141. The summed E-state index contributed by atoms with van der Waals surface area (Å²) in [6.07, 6.45) is 26.4. The van der Waals surface area contributed by atoms with Gasteiger partial charge in [0.1, 0.15) is 0 Å². The molecular formula is C21H38O2. The molecule has 0 bridgehead atoms. The maximum absolute atomic E-state index is 8.98. The molecule has 0 aromatic rings. The van der Waals surface area contributed by atoms with E-state index < -0.39 is 0 Å². The van der Waals surface area contributed by atoms with Crippen molar-refractivity contribution >= 4 is 0 Å². The zero-order chi connectivity index (χ0) is 17.0. The van der Waals surface area contributed by atoms with Gasteiger partial charge >= 0.3 is 0 Å². The van der Waals surface area contributed by atoms with Gasteiger partial charge in [-0.05, 0) is 38.5 Å². The third-order valence-electron chi connectivity index (χ3n) is 4.03. The first-order chi connectivity index (χ1) is 11.3. The van der Waals surface area contributed by atoms with E-state index in [1.165, 1.54) is 38.5 Å². The molecule has 0 aliphatic heterocycles. The smallest absolute Gasteiger partial charge is 0.0481 e. The molecule has 0 aromatic heterocycles. The maximum Gasteiger partial charge on any atom is 0.0481 e. The Morgan fingerprint density at radius 2 is 1.17 bits per heavy atom. The summed E-state index contributed by atoms with van der Waals surface area (Å²) in [5, 5.41) is 18.0. The minimum absolute atomic E-state index is 0.0943. The fourth-order valence-corrected chi connectivity index (χ4v) is 2.47. The molecule has 0 saturated heterocycles. The Hall–Kier alpha value is -0.860. The largest absolute Gasteiger partial charge is 0.396 e. The van der Waals surface area contributed by atoms with E-state index in [4.69, 9.17) is 10.2 Å². The van der Waals surface area contributed by atoms with Crippen LogP contribution in [-0.4, -0.2) is 23.4 Å². The molecule has 0 heterocycles. The van der Waals surface area contributed by atoms with Crippen LogP contribution < -0.4 is 0 Å². The van der Waals surface area contributed by atoms with E-state index >= 15 is 0 Å². The lowest BCUT2D eigenvalue weighted by Crippen LogP contribution is -2.10. The Kier molecular flexibility index (Phi) is 18.5. The van der Waals surface area contributed by atoms with Crippen LogP contribution in [-0.2, 0) is 0 Å². The molecule has 0 aliphatic rings. The molecule has 2 N–H and O–H groups in total. The van der Waals surface area contributed by atoms with Gasteiger partial charge in [0, 0.05) is 19.1 Å². The van der Waals surface area contributed by atoms with Crippen molar-refractivity contribution in [3.63, 3.8) is 0 Å². The Morgan fingerprint density at radius 1 is 0.652 bits per heavy atom. The van der Waals surface area contributed by atoms with Crippen LogP contribution in [0.2, 0.25) is 0 Å². The molecule has 134 valence electrons. The quantitative estimate of drug-likeness (QED) is 0.288. The molecule has 0 fully saturated rings. The zero-order valence-corrected chi connectivity index (χ0v) is 15.1. The third-order valence-corrected chi connectivity index (χ3v) is 4.03. The van der Waals surface area contributed by atoms with Crippen molar-refractivity contribution in [1.29, 1.82) is 0 Å². The first-order valence-electron chi connectivity index (χ1n) is 9.51. The minimum atomic E-state index is 0.0943. The van der Waals surface area contributed by atoms with Gasteiger partial charge in [-0.15, -0.1) is 0 Å². The molecule has 0 radical (unpaired) electrons. The standard InChI is InChI=1S/C21H38O2/c1-2-3-4-5-6-7-8-9-10-11-12-13-14-15-16-17-18-21(19-22)20-23/h3-4,6-7,9-10,21-23H,2,5,8,11-20H2,1H3. The van der Waals surface area contributed by atoms with Crippen molar-refractivity contribution in [3.8, 4) is 0 Å². The van der Waals surface area contributed by atoms with Crippen molar-refractivity contribution in [3.05, 3.63) is 36.5 Å². The summed E-state index contributed by atoms with van der Waals surface area (Å²) >= 11 is 0. The Balaban J connectivity index is 3.26. The van der Waals surface area contributed by atoms with Crippen LogP contribution in [0.4, 0.5) is 0 Å². The number of allylic oxidation sites excluding steroid dienone is 6. The second-order valence-corrected chi connectivity index (χ2v) is 6.22. The summed E-state index contributed by atoms with van der Waals surface area (Å²) < 4.78 is 0. The summed E-state index contributed by atoms with van der Waals surface area (Å²) in [5.74, 6) is 0.0943. The van der Waals surface area contributed by atoms with Crippen LogP contribution in [0.3, 0.4) is 0 Å². The molecule has 0 rings (SSSR count). The van der Waals surface area contributed by atoms with Crippen molar-refractivity contribution in [2.45, 2.75) is 77.6 Å². The molecule has 2 nitrogen and oxygen atoms in total. The summed E-state index contributed by atoms with van der Waals surface area (Å²) in [6, 6.07) is 0. The molecule has 0 atom stereocenters. The number of rotatable bonds is 16. The second kappa shape index (κ2) is 19.2. The van der Waals surface area contributed by atoms with Crippen LogP contribution in [0.5, 0.6) is 0 Å². The summed E-state index contributed by atoms with van der Waals surface area (Å²) in [7, 11) is 0. The van der Waals surface area contributed by atoms with E-state index in [2.05, 4.69) is 43.4 Å². The summed E-state index contributed by atoms with van der Waals surface area (Å²) in [6.45, 7) is 2.40. The predicted octanol–water partition coefficient (Wildman–Crippen LogP) is 5.57. The zero-order valence-electron chi connectivity index (χ0n) is 15.1. The Bertz CT molecular complexity index is 301. The van der Waals surface area contributed by atoms with E-state index in [0.29, 0.717) is 0 Å². The van der Waals surface area contributed by atoms with Gasteiger partial charge in [-0.2, -0.15) is 0 Å². The highest BCUT2D eigenvalue weighted by atomic mass is 16.3. The Morgan fingerprint density at radius 3 is 1.78 bits per heavy atom. The lowest BCUT2D eigenvalue weighted by atomic mass is 10.0. The average molecular weight is 323 g/mol. The van der Waals surface area contributed by atoms with Crippen LogP contribution >= 0.6 is 0 Å². The number of hydrogen-bond donors (Lipinski definition) is 2. The molecule has 0 saturated carbocycles. The molecule has 0 amide bonds. The number of unbranched alkanes of at least 4 members (excludes halogenated alkanes) is 6. The third kappa shape index (κ3) is 17.3. The first kappa shape index (κ1) is 22.1. The van der Waals surface area contributed by atoms with E-state index in [0.717, 1.165) is 32.1 Å². The first-order valence-corrected chi connectivity index (χ1v) is 9.51. The van der Waals surface area contributed by atoms with Crippen molar-refractivity contribution in [2.24, 2.45) is 5.92 Å². The van der Waals surface area contributed by atoms with Crippen molar-refractivity contribution in [2.75, 3.05) is 13.2 Å². The topological polar surface area (TPSA) is 40.5 Å². The summed E-state index contributed by atoms with van der Waals surface area (Å²) in [4.78, 5) is 0. The summed E-state index contributed by atoms with van der Waals surface area (Å²) in [5.41, 5.74) is 0. The van der Waals surface area contributed by atoms with Gasteiger partial charge in [0.15, 0.2) is 0 Å². The average Bonchev–Trinajstić information content (AvgIpc) is 2.58. The van der Waals surface area contributed by atoms with Gasteiger partial charge in [0.25, 0.3) is 0 Å². The van der Waals surface area contributed by atoms with Crippen LogP contribution in [0, 0.1) is 5.92 Å². The van der Waals surface area contributed by atoms with Crippen LogP contribution in [0.1, 0.15) is 77.6 Å². The monoisotopic (exact) mass is 322 g/mol. The molecular weight excluding hydrogens is 284 g/mol. The van der Waals surface area contributed by atoms with Gasteiger partial charge in [-0.25, -0.2) is 0 Å². The van der Waals surface area contributed by atoms with E-state index in [1.54, 1.807) is 0 Å². The number of aliphatic hydroxyl groups is 2. The molecule has 2 heteroatoms. The highest BCUT2D eigenvalue weighted by Crippen LogP contribution is 2.12. The fourth-order valence-electron chi connectivity index (χ4n) is 2.47. The Labute approximate surface area is 144 Å². The SMILES string of the molecule is CCC=CCC=CCC=CCCCCCCCCC(CO)CO. The normalized spacial score (nSPS) is 12.5. The maximum atomic E-state index is 8.98. The van der Waals surface area contributed by atoms with Gasteiger partial charge < -0.3 is 10.2 Å². The van der Waals surface area contributed by atoms with Gasteiger partial charge in [0.2, 0.25) is 0 Å². The molecule has 0 unspecified atom stereocenters. The highest BCUT2D eigenvalue weighted by molar-refractivity contribution is 4.96. The highest BCUT2D eigenvalue weighted by Gasteiger charge is 2.04. The van der Waals surface area contributed by atoms with Gasteiger partial charge in [-0.3, -0.25) is 0 Å². The number of aliphatic hydroxyl groups excluding tert-OH is 2. The van der Waals surface area contributed by atoms with Crippen LogP contribution in [0.15, 0.2) is 36.5 Å². The fraction of sp³-hybridized carbons (Fsp3) is 0.714. The van der Waals surface area contributed by atoms with Gasteiger partial charge in [-0.1, -0.05) is 75.5 Å². The molecule has 23 heavy (non-hydrogen) atoms. The lowest BCUT2D eigenvalue weighted by Gasteiger charge is -2.09. The predicted molar refractivity (Wildman–Crippen MR) is 102 cm³/mol. The second-order valence-electron chi connectivity index (χ2n) is 6.22. The van der Waals surface area contributed by atoms with E-state index in [1.807, 2.05) is 0 Å². The molecule has 0 aliphatic carbocycles. The number of hydrogen-bond acceptors (Lipinski definition) is 2. The molecule has 0 spiro atoms.